The van der Waals surface area contributed by atoms with E-state index in [4.69, 9.17) is 0 Å². The van der Waals surface area contributed by atoms with Crippen LogP contribution in [0.4, 0.5) is 0 Å². The van der Waals surface area contributed by atoms with Crippen molar-refractivity contribution in [3.8, 4) is 0 Å². The Kier molecular flexibility index (Phi) is 4.06. The molecule has 1 saturated carbocycles. The van der Waals surface area contributed by atoms with Gasteiger partial charge in [-0.25, -0.2) is 0 Å². The molecule has 1 fully saturated rings. The van der Waals surface area contributed by atoms with Gasteiger partial charge in [0.2, 0.25) is 0 Å². The minimum atomic E-state index is 0.188. The normalized spacial score (nSPS) is 25.1. The molecule has 110 valence electrons. The average molecular weight is 288 g/mol. The summed E-state index contributed by atoms with van der Waals surface area (Å²) in [6, 6.07) is 20.1. The molecule has 0 amide bonds. The van der Waals surface area contributed by atoms with Gasteiger partial charge in [0, 0.05) is 11.1 Å². The standard InChI is InChI=1S/C21H20O/c1-15-16(2)20(14-18-11-7-4-8-12-18)21(22)19(15)13-17-9-5-3-6-10-17/h3-16H,1-2H3/b19-13-,20-14+/t15-,16-/m1/s1. The smallest absolute Gasteiger partial charge is 0.185 e. The van der Waals surface area contributed by atoms with Crippen LogP contribution in [0.15, 0.2) is 71.8 Å². The van der Waals surface area contributed by atoms with Gasteiger partial charge in [-0.15, -0.1) is 0 Å². The summed E-state index contributed by atoms with van der Waals surface area (Å²) in [5.41, 5.74) is 4.01. The zero-order valence-electron chi connectivity index (χ0n) is 13.0. The van der Waals surface area contributed by atoms with Crippen LogP contribution in [-0.2, 0) is 4.79 Å². The first-order chi connectivity index (χ1) is 10.7. The van der Waals surface area contributed by atoms with Crippen molar-refractivity contribution in [1.82, 2.24) is 0 Å². The highest BCUT2D eigenvalue weighted by Gasteiger charge is 2.36. The van der Waals surface area contributed by atoms with Crippen molar-refractivity contribution in [3.63, 3.8) is 0 Å². The molecule has 1 aliphatic rings. The van der Waals surface area contributed by atoms with Crippen molar-refractivity contribution in [1.29, 1.82) is 0 Å². The van der Waals surface area contributed by atoms with Gasteiger partial charge in [0.1, 0.15) is 0 Å². The van der Waals surface area contributed by atoms with E-state index in [1.807, 2.05) is 72.8 Å². The van der Waals surface area contributed by atoms with Crippen LogP contribution in [0.2, 0.25) is 0 Å². The van der Waals surface area contributed by atoms with Crippen LogP contribution < -0.4 is 0 Å². The van der Waals surface area contributed by atoms with Gasteiger partial charge in [-0.05, 0) is 35.1 Å². The molecule has 0 aromatic heterocycles. The number of carbonyl (C=O) groups excluding carboxylic acids is 1. The molecule has 2 aromatic carbocycles. The summed E-state index contributed by atoms with van der Waals surface area (Å²) in [5.74, 6) is 0.693. The summed E-state index contributed by atoms with van der Waals surface area (Å²) < 4.78 is 0. The Hall–Kier alpha value is -2.41. The lowest BCUT2D eigenvalue weighted by Gasteiger charge is -2.09. The third-order valence-corrected chi connectivity index (χ3v) is 4.50. The van der Waals surface area contributed by atoms with Gasteiger partial charge in [-0.1, -0.05) is 74.5 Å². The zero-order valence-corrected chi connectivity index (χ0v) is 13.0. The Morgan fingerprint density at radius 2 is 1.05 bits per heavy atom. The van der Waals surface area contributed by atoms with Gasteiger partial charge in [0.25, 0.3) is 0 Å². The molecule has 0 spiro atoms. The molecule has 1 nitrogen and oxygen atoms in total. The SMILES string of the molecule is C[C@H]1/C(=C/c2ccccc2)C(=O)/C(=C/c2ccccc2)[C@@H]1C. The van der Waals surface area contributed by atoms with E-state index in [9.17, 15) is 4.79 Å². The van der Waals surface area contributed by atoms with Gasteiger partial charge in [0.15, 0.2) is 5.78 Å². The Morgan fingerprint density at radius 1 is 0.682 bits per heavy atom. The van der Waals surface area contributed by atoms with Crippen LogP contribution >= 0.6 is 0 Å². The number of carbonyl (C=O) groups is 1. The molecule has 0 unspecified atom stereocenters. The molecule has 0 N–H and O–H groups in total. The zero-order chi connectivity index (χ0) is 15.5. The van der Waals surface area contributed by atoms with Gasteiger partial charge < -0.3 is 0 Å². The predicted molar refractivity (Wildman–Crippen MR) is 92.2 cm³/mol. The van der Waals surface area contributed by atoms with E-state index >= 15 is 0 Å². The Bertz CT molecular complexity index is 660. The van der Waals surface area contributed by atoms with Gasteiger partial charge >= 0.3 is 0 Å². The van der Waals surface area contributed by atoms with E-state index in [0.29, 0.717) is 0 Å². The molecular formula is C21H20O. The number of allylic oxidation sites excluding steroid dienone is 2. The molecule has 22 heavy (non-hydrogen) atoms. The van der Waals surface area contributed by atoms with Crippen LogP contribution in [0.5, 0.6) is 0 Å². The van der Waals surface area contributed by atoms with Crippen LogP contribution in [0, 0.1) is 11.8 Å². The Morgan fingerprint density at radius 3 is 1.41 bits per heavy atom. The molecule has 0 heterocycles. The summed E-state index contributed by atoms with van der Waals surface area (Å²) in [7, 11) is 0. The Balaban J connectivity index is 1.98. The monoisotopic (exact) mass is 288 g/mol. The summed E-state index contributed by atoms with van der Waals surface area (Å²) in [4.78, 5) is 12.8. The Labute approximate surface area is 132 Å². The highest BCUT2D eigenvalue weighted by molar-refractivity contribution is 6.16. The number of rotatable bonds is 2. The number of benzene rings is 2. The number of hydrogen-bond donors (Lipinski definition) is 0. The van der Waals surface area contributed by atoms with Crippen molar-refractivity contribution in [3.05, 3.63) is 82.9 Å². The summed E-state index contributed by atoms with van der Waals surface area (Å²) in [6.07, 6.45) is 4.07. The lowest BCUT2D eigenvalue weighted by Crippen LogP contribution is -2.01. The largest absolute Gasteiger partial charge is 0.289 e. The van der Waals surface area contributed by atoms with Crippen molar-refractivity contribution in [2.45, 2.75) is 13.8 Å². The van der Waals surface area contributed by atoms with E-state index in [2.05, 4.69) is 13.8 Å². The molecule has 0 bridgehead atoms. The first-order valence-corrected chi connectivity index (χ1v) is 7.75. The second-order valence-corrected chi connectivity index (χ2v) is 5.93. The number of Topliss-reactive ketones (excluding diaryl/α,β-unsaturated/α-hetero) is 1. The molecule has 3 rings (SSSR count). The van der Waals surface area contributed by atoms with Crippen LogP contribution in [0.1, 0.15) is 25.0 Å². The lowest BCUT2D eigenvalue weighted by molar-refractivity contribution is -0.111. The fourth-order valence-corrected chi connectivity index (χ4v) is 2.97. The number of ketones is 1. The highest BCUT2D eigenvalue weighted by Crippen LogP contribution is 2.39. The average Bonchev–Trinajstić information content (AvgIpc) is 2.75. The summed E-state index contributed by atoms with van der Waals surface area (Å²) in [5, 5.41) is 0. The molecular weight excluding hydrogens is 268 g/mol. The molecule has 1 heteroatoms. The maximum Gasteiger partial charge on any atom is 0.185 e. The summed E-state index contributed by atoms with van der Waals surface area (Å²) >= 11 is 0. The maximum absolute atomic E-state index is 12.8. The fourth-order valence-electron chi connectivity index (χ4n) is 2.97. The van der Waals surface area contributed by atoms with Gasteiger partial charge in [-0.2, -0.15) is 0 Å². The first-order valence-electron chi connectivity index (χ1n) is 7.75. The van der Waals surface area contributed by atoms with Gasteiger partial charge in [0.05, 0.1) is 0 Å². The van der Waals surface area contributed by atoms with E-state index in [-0.39, 0.29) is 17.6 Å². The molecule has 2 aromatic rings. The lowest BCUT2D eigenvalue weighted by atomic mass is 9.94. The number of hydrogen-bond acceptors (Lipinski definition) is 1. The van der Waals surface area contributed by atoms with E-state index in [1.54, 1.807) is 0 Å². The van der Waals surface area contributed by atoms with E-state index in [1.165, 1.54) is 0 Å². The molecule has 2 atom stereocenters. The molecule has 0 saturated heterocycles. The fraction of sp³-hybridized carbons (Fsp3) is 0.190. The highest BCUT2D eigenvalue weighted by atomic mass is 16.1. The topological polar surface area (TPSA) is 17.1 Å². The third-order valence-electron chi connectivity index (χ3n) is 4.50. The summed E-state index contributed by atoms with van der Waals surface area (Å²) in [6.45, 7) is 4.28. The van der Waals surface area contributed by atoms with E-state index in [0.717, 1.165) is 22.3 Å². The predicted octanol–water partition coefficient (Wildman–Crippen LogP) is 5.01. The second-order valence-electron chi connectivity index (χ2n) is 5.93. The first kappa shape index (κ1) is 14.5. The van der Waals surface area contributed by atoms with Crippen molar-refractivity contribution in [2.75, 3.05) is 0 Å². The van der Waals surface area contributed by atoms with Crippen molar-refractivity contribution >= 4 is 17.9 Å². The van der Waals surface area contributed by atoms with Crippen molar-refractivity contribution < 1.29 is 4.79 Å². The van der Waals surface area contributed by atoms with Crippen LogP contribution in [0.3, 0.4) is 0 Å². The van der Waals surface area contributed by atoms with E-state index < -0.39 is 0 Å². The molecule has 1 aliphatic carbocycles. The van der Waals surface area contributed by atoms with Crippen LogP contribution in [0.25, 0.3) is 12.2 Å². The van der Waals surface area contributed by atoms with Crippen molar-refractivity contribution in [2.24, 2.45) is 11.8 Å². The second kappa shape index (κ2) is 6.15. The minimum absolute atomic E-state index is 0.188. The maximum atomic E-state index is 12.8. The molecule has 0 aliphatic heterocycles. The molecule has 0 radical (unpaired) electrons. The quantitative estimate of drug-likeness (QED) is 0.710. The third kappa shape index (κ3) is 2.80. The van der Waals surface area contributed by atoms with Gasteiger partial charge in [-0.3, -0.25) is 4.79 Å². The van der Waals surface area contributed by atoms with Crippen LogP contribution in [-0.4, -0.2) is 5.78 Å². The minimum Gasteiger partial charge on any atom is -0.289 e.